The van der Waals surface area contributed by atoms with E-state index >= 15 is 0 Å². The fourth-order valence-corrected chi connectivity index (χ4v) is 3.67. The molecular weight excluding hydrogens is 356 g/mol. The van der Waals surface area contributed by atoms with Gasteiger partial charge in [0.05, 0.1) is 11.4 Å². The number of benzene rings is 2. The summed E-state index contributed by atoms with van der Waals surface area (Å²) < 4.78 is 37.6. The molecule has 3 rings (SSSR count). The van der Waals surface area contributed by atoms with Crippen LogP contribution in [0.1, 0.15) is 12.5 Å². The number of sulfonamides is 1. The molecule has 0 atom stereocenters. The van der Waals surface area contributed by atoms with Crippen molar-refractivity contribution in [3.63, 3.8) is 0 Å². The Morgan fingerprint density at radius 1 is 1.15 bits per heavy atom. The third-order valence-corrected chi connectivity index (χ3v) is 5.40. The Balaban J connectivity index is 1.71. The summed E-state index contributed by atoms with van der Waals surface area (Å²) in [6.07, 6.45) is 0. The van der Waals surface area contributed by atoms with Crippen LogP contribution in [0.4, 0.5) is 5.69 Å². The van der Waals surface area contributed by atoms with Gasteiger partial charge in [-0.25, -0.2) is 13.1 Å². The average molecular weight is 376 g/mol. The summed E-state index contributed by atoms with van der Waals surface area (Å²) in [7, 11) is -3.84. The Bertz CT molecular complexity index is 927. The Kier molecular flexibility index (Phi) is 5.15. The first-order valence-corrected chi connectivity index (χ1v) is 9.65. The summed E-state index contributed by atoms with van der Waals surface area (Å²) in [5.41, 5.74) is 1.76. The minimum Gasteiger partial charge on any atom is -0.454 e. The molecule has 0 saturated heterocycles. The van der Waals surface area contributed by atoms with E-state index in [0.29, 0.717) is 18.0 Å². The van der Waals surface area contributed by atoms with Gasteiger partial charge in [-0.15, -0.1) is 0 Å². The highest BCUT2D eigenvalue weighted by Crippen LogP contribution is 2.33. The van der Waals surface area contributed by atoms with E-state index in [1.807, 2.05) is 38.1 Å². The number of nitrogens with one attached hydrogen (secondary N) is 1. The molecule has 0 aliphatic carbocycles. The third kappa shape index (κ3) is 3.81. The molecule has 1 amide bonds. The first kappa shape index (κ1) is 18.2. The van der Waals surface area contributed by atoms with Crippen LogP contribution in [-0.2, 0) is 14.8 Å². The number of hydrogen-bond acceptors (Lipinski definition) is 5. The summed E-state index contributed by atoms with van der Waals surface area (Å²) in [5.74, 6) is 0.535. The molecule has 2 aromatic rings. The lowest BCUT2D eigenvalue weighted by atomic mass is 10.2. The molecule has 0 bridgehead atoms. The predicted octanol–water partition coefficient (Wildman–Crippen LogP) is 2.06. The van der Waals surface area contributed by atoms with E-state index in [1.165, 1.54) is 23.1 Å². The molecule has 2 aromatic carbocycles. The van der Waals surface area contributed by atoms with Crippen molar-refractivity contribution < 1.29 is 22.7 Å². The number of carbonyl (C=O) groups excluding carboxylic acids is 1. The second-order valence-corrected chi connectivity index (χ2v) is 7.58. The summed E-state index contributed by atoms with van der Waals surface area (Å²) in [6.45, 7) is 3.94. The molecule has 0 unspecified atom stereocenters. The van der Waals surface area contributed by atoms with Crippen molar-refractivity contribution in [3.05, 3.63) is 48.0 Å². The lowest BCUT2D eigenvalue weighted by Crippen LogP contribution is -2.40. The minimum atomic E-state index is -3.84. The van der Waals surface area contributed by atoms with Gasteiger partial charge in [-0.3, -0.25) is 4.79 Å². The van der Waals surface area contributed by atoms with Crippen molar-refractivity contribution in [2.24, 2.45) is 0 Å². The quantitative estimate of drug-likeness (QED) is 0.834. The highest BCUT2D eigenvalue weighted by atomic mass is 32.2. The van der Waals surface area contributed by atoms with Crippen molar-refractivity contribution >= 4 is 21.6 Å². The summed E-state index contributed by atoms with van der Waals surface area (Å²) in [6, 6.07) is 11.8. The van der Waals surface area contributed by atoms with Gasteiger partial charge in [0.15, 0.2) is 11.5 Å². The van der Waals surface area contributed by atoms with Crippen molar-refractivity contribution in [2.75, 3.05) is 24.8 Å². The smallest absolute Gasteiger partial charge is 0.242 e. The van der Waals surface area contributed by atoms with E-state index in [0.717, 1.165) is 11.3 Å². The van der Waals surface area contributed by atoms with E-state index in [2.05, 4.69) is 4.72 Å². The molecule has 0 aromatic heterocycles. The number of rotatable bonds is 6. The molecule has 0 radical (unpaired) electrons. The number of carbonyl (C=O) groups is 1. The molecule has 8 heteroatoms. The van der Waals surface area contributed by atoms with Gasteiger partial charge in [0.25, 0.3) is 0 Å². The lowest BCUT2D eigenvalue weighted by molar-refractivity contribution is -0.117. The maximum atomic E-state index is 12.5. The van der Waals surface area contributed by atoms with Crippen molar-refractivity contribution in [3.8, 4) is 11.5 Å². The number of aryl methyl sites for hydroxylation is 1. The Morgan fingerprint density at radius 2 is 1.92 bits per heavy atom. The molecule has 1 N–H and O–H groups in total. The summed E-state index contributed by atoms with van der Waals surface area (Å²) in [4.78, 5) is 14.1. The first-order valence-electron chi connectivity index (χ1n) is 8.17. The second kappa shape index (κ2) is 7.35. The largest absolute Gasteiger partial charge is 0.454 e. The number of fused-ring (bicyclic) bond motifs is 1. The molecule has 26 heavy (non-hydrogen) atoms. The van der Waals surface area contributed by atoms with Crippen LogP contribution in [0.15, 0.2) is 47.4 Å². The van der Waals surface area contributed by atoms with Crippen LogP contribution in [0, 0.1) is 6.92 Å². The van der Waals surface area contributed by atoms with Gasteiger partial charge in [0, 0.05) is 18.3 Å². The molecule has 1 aliphatic heterocycles. The van der Waals surface area contributed by atoms with Crippen molar-refractivity contribution in [2.45, 2.75) is 18.7 Å². The molecular formula is C18H20N2O5S. The molecule has 138 valence electrons. The molecule has 7 nitrogen and oxygen atoms in total. The average Bonchev–Trinajstić information content (AvgIpc) is 3.08. The SMILES string of the molecule is CCN(C(=O)CNS(=O)(=O)c1ccc2c(c1)OCO2)c1cccc(C)c1. The number of anilines is 1. The van der Waals surface area contributed by atoms with E-state index < -0.39 is 10.0 Å². The zero-order valence-corrected chi connectivity index (χ0v) is 15.4. The van der Waals surface area contributed by atoms with E-state index in [4.69, 9.17) is 9.47 Å². The third-order valence-electron chi connectivity index (χ3n) is 4.00. The zero-order valence-electron chi connectivity index (χ0n) is 14.6. The van der Waals surface area contributed by atoms with Gasteiger partial charge in [-0.05, 0) is 43.7 Å². The Morgan fingerprint density at radius 3 is 2.65 bits per heavy atom. The summed E-state index contributed by atoms with van der Waals surface area (Å²) in [5, 5.41) is 0. The van der Waals surface area contributed by atoms with Gasteiger partial charge >= 0.3 is 0 Å². The van der Waals surface area contributed by atoms with E-state index in [9.17, 15) is 13.2 Å². The zero-order chi connectivity index (χ0) is 18.7. The number of likely N-dealkylation sites (N-methyl/N-ethyl adjacent to an activating group) is 1. The van der Waals surface area contributed by atoms with Crippen LogP contribution >= 0.6 is 0 Å². The molecule has 0 fully saturated rings. The topological polar surface area (TPSA) is 84.9 Å². The molecule has 0 saturated carbocycles. The maximum Gasteiger partial charge on any atom is 0.242 e. The van der Waals surface area contributed by atoms with Gasteiger partial charge in [-0.2, -0.15) is 0 Å². The van der Waals surface area contributed by atoms with Crippen LogP contribution in [0.5, 0.6) is 11.5 Å². The standard InChI is InChI=1S/C18H20N2O5S/c1-3-20(14-6-4-5-13(2)9-14)18(21)11-19-26(22,23)15-7-8-16-17(10-15)25-12-24-16/h4-10,19H,3,11-12H2,1-2H3. The first-order chi connectivity index (χ1) is 12.4. The van der Waals surface area contributed by atoms with Crippen molar-refractivity contribution in [1.29, 1.82) is 0 Å². The Hall–Kier alpha value is -2.58. The maximum absolute atomic E-state index is 12.5. The van der Waals surface area contributed by atoms with Crippen LogP contribution in [-0.4, -0.2) is 34.2 Å². The van der Waals surface area contributed by atoms with Gasteiger partial charge in [0.1, 0.15) is 0 Å². The number of nitrogens with zero attached hydrogens (tertiary/aromatic N) is 1. The number of hydrogen-bond donors (Lipinski definition) is 1. The fraction of sp³-hybridized carbons (Fsp3) is 0.278. The summed E-state index contributed by atoms with van der Waals surface area (Å²) >= 11 is 0. The van der Waals surface area contributed by atoms with Gasteiger partial charge in [-0.1, -0.05) is 12.1 Å². The molecule has 0 spiro atoms. The lowest BCUT2D eigenvalue weighted by Gasteiger charge is -2.21. The monoisotopic (exact) mass is 376 g/mol. The molecule has 1 heterocycles. The van der Waals surface area contributed by atoms with Crippen LogP contribution in [0.25, 0.3) is 0 Å². The van der Waals surface area contributed by atoms with Crippen LogP contribution in [0.2, 0.25) is 0 Å². The number of ether oxygens (including phenoxy) is 2. The number of amides is 1. The van der Waals surface area contributed by atoms with E-state index in [-0.39, 0.29) is 24.1 Å². The normalized spacial score (nSPS) is 12.8. The predicted molar refractivity (Wildman–Crippen MR) is 97.0 cm³/mol. The second-order valence-electron chi connectivity index (χ2n) is 5.82. The van der Waals surface area contributed by atoms with Crippen LogP contribution < -0.4 is 19.1 Å². The van der Waals surface area contributed by atoms with Gasteiger partial charge < -0.3 is 14.4 Å². The minimum absolute atomic E-state index is 0.0214. The van der Waals surface area contributed by atoms with Gasteiger partial charge in [0.2, 0.25) is 22.7 Å². The van der Waals surface area contributed by atoms with Crippen LogP contribution in [0.3, 0.4) is 0 Å². The highest BCUT2D eigenvalue weighted by Gasteiger charge is 2.22. The van der Waals surface area contributed by atoms with E-state index in [1.54, 1.807) is 0 Å². The fourth-order valence-electron chi connectivity index (χ4n) is 2.68. The van der Waals surface area contributed by atoms with Crippen molar-refractivity contribution in [1.82, 2.24) is 4.72 Å². The Labute approximate surface area is 152 Å². The molecule has 1 aliphatic rings. The highest BCUT2D eigenvalue weighted by molar-refractivity contribution is 7.89.